The lowest BCUT2D eigenvalue weighted by molar-refractivity contribution is 0.0658. The van der Waals surface area contributed by atoms with Gasteiger partial charge in [-0.1, -0.05) is 18.2 Å². The highest BCUT2D eigenvalue weighted by Crippen LogP contribution is 2.27. The largest absolute Gasteiger partial charge is 0.497 e. The van der Waals surface area contributed by atoms with Crippen LogP contribution in [-0.4, -0.2) is 54.5 Å². The summed E-state index contributed by atoms with van der Waals surface area (Å²) in [6.45, 7) is 2.17. The van der Waals surface area contributed by atoms with E-state index in [-0.39, 0.29) is 23.9 Å². The van der Waals surface area contributed by atoms with Gasteiger partial charge in [0, 0.05) is 13.1 Å². The van der Waals surface area contributed by atoms with Crippen molar-refractivity contribution in [1.82, 2.24) is 14.7 Å². The lowest BCUT2D eigenvalue weighted by atomic mass is 10.1. The molecule has 0 aliphatic carbocycles. The van der Waals surface area contributed by atoms with E-state index < -0.39 is 15.1 Å². The number of carbonyl (C=O) groups is 1. The second-order valence-electron chi connectivity index (χ2n) is 6.94. The Morgan fingerprint density at radius 3 is 2.34 bits per heavy atom. The van der Waals surface area contributed by atoms with E-state index in [0.717, 1.165) is 11.4 Å². The number of aromatic nitrogens is 2. The molecule has 0 unspecified atom stereocenters. The number of rotatable bonds is 5. The highest BCUT2D eigenvalue weighted by atomic mass is 32.2. The number of para-hydroxylation sites is 1. The number of likely N-dealkylation sites (tertiary alicyclic amines) is 1. The quantitative estimate of drug-likeness (QED) is 0.644. The van der Waals surface area contributed by atoms with E-state index in [9.17, 15) is 13.2 Å². The van der Waals surface area contributed by atoms with Crippen molar-refractivity contribution in [2.45, 2.75) is 17.1 Å². The lowest BCUT2D eigenvalue weighted by Crippen LogP contribution is -2.56. The van der Waals surface area contributed by atoms with Gasteiger partial charge < -0.3 is 9.64 Å². The SMILES string of the molecule is COc1ccc(S(=O)(=O)C2CN(C(=O)c3cnn(-c4ccccc4)c3C)C2)cc1. The van der Waals surface area contributed by atoms with E-state index in [4.69, 9.17) is 4.74 Å². The van der Waals surface area contributed by atoms with Gasteiger partial charge in [0.1, 0.15) is 11.0 Å². The molecule has 8 heteroatoms. The molecule has 0 spiro atoms. The van der Waals surface area contributed by atoms with Crippen LogP contribution in [0.3, 0.4) is 0 Å². The third kappa shape index (κ3) is 3.40. The second-order valence-corrected chi connectivity index (χ2v) is 9.17. The number of hydrogen-bond acceptors (Lipinski definition) is 5. The number of methoxy groups -OCH3 is 1. The fourth-order valence-electron chi connectivity index (χ4n) is 3.38. The van der Waals surface area contributed by atoms with Crippen LogP contribution in [0.1, 0.15) is 16.1 Å². The molecule has 0 N–H and O–H groups in total. The van der Waals surface area contributed by atoms with Crippen LogP contribution in [0.4, 0.5) is 0 Å². The number of benzene rings is 2. The molecule has 150 valence electrons. The molecule has 1 amide bonds. The summed E-state index contributed by atoms with van der Waals surface area (Å²) in [5.74, 6) is 0.395. The Labute approximate surface area is 169 Å². The average molecular weight is 411 g/mol. The van der Waals surface area contributed by atoms with E-state index in [0.29, 0.717) is 11.3 Å². The molecule has 7 nitrogen and oxygen atoms in total. The molecule has 1 fully saturated rings. The van der Waals surface area contributed by atoms with Crippen LogP contribution < -0.4 is 4.74 Å². The maximum atomic E-state index is 12.8. The van der Waals surface area contributed by atoms with E-state index in [1.165, 1.54) is 25.4 Å². The van der Waals surface area contributed by atoms with Crippen molar-refractivity contribution in [1.29, 1.82) is 0 Å². The van der Waals surface area contributed by atoms with Crippen molar-refractivity contribution in [3.8, 4) is 11.4 Å². The molecule has 0 saturated carbocycles. The van der Waals surface area contributed by atoms with Gasteiger partial charge >= 0.3 is 0 Å². The van der Waals surface area contributed by atoms with Crippen LogP contribution in [0.2, 0.25) is 0 Å². The molecule has 2 heterocycles. The molecule has 1 aliphatic heterocycles. The average Bonchev–Trinajstić information content (AvgIpc) is 3.08. The Kier molecular flexibility index (Phi) is 4.87. The molecule has 1 aromatic heterocycles. The standard InChI is InChI=1S/C21H21N3O4S/c1-15-20(12-22-24(15)16-6-4-3-5-7-16)21(25)23-13-19(14-23)29(26,27)18-10-8-17(28-2)9-11-18/h3-12,19H,13-14H2,1-2H3. The minimum absolute atomic E-state index is 0.170. The first-order chi connectivity index (χ1) is 13.9. The van der Waals surface area contributed by atoms with Crippen molar-refractivity contribution < 1.29 is 17.9 Å². The summed E-state index contributed by atoms with van der Waals surface area (Å²) in [4.78, 5) is 14.6. The summed E-state index contributed by atoms with van der Waals surface area (Å²) < 4.78 is 32.3. The predicted molar refractivity (Wildman–Crippen MR) is 108 cm³/mol. The minimum atomic E-state index is -3.49. The number of ether oxygens (including phenoxy) is 1. The van der Waals surface area contributed by atoms with Gasteiger partial charge in [-0.2, -0.15) is 5.10 Å². The fourth-order valence-corrected chi connectivity index (χ4v) is 5.03. The van der Waals surface area contributed by atoms with Crippen LogP contribution in [-0.2, 0) is 9.84 Å². The molecule has 1 aliphatic rings. The Balaban J connectivity index is 1.47. The van der Waals surface area contributed by atoms with Gasteiger partial charge in [0.15, 0.2) is 9.84 Å². The zero-order chi connectivity index (χ0) is 20.6. The summed E-state index contributed by atoms with van der Waals surface area (Å²) >= 11 is 0. The van der Waals surface area contributed by atoms with E-state index in [1.807, 2.05) is 37.3 Å². The molecule has 3 aromatic rings. The molecule has 2 aromatic carbocycles. The summed E-state index contributed by atoms with van der Waals surface area (Å²) in [5, 5.41) is 3.71. The first-order valence-corrected chi connectivity index (χ1v) is 10.7. The number of nitrogens with zero attached hydrogens (tertiary/aromatic N) is 3. The summed E-state index contributed by atoms with van der Waals surface area (Å²) in [6.07, 6.45) is 1.54. The Morgan fingerprint density at radius 2 is 1.72 bits per heavy atom. The van der Waals surface area contributed by atoms with Gasteiger partial charge in [0.2, 0.25) is 0 Å². The normalized spacial score (nSPS) is 14.5. The summed E-state index contributed by atoms with van der Waals surface area (Å²) in [5.41, 5.74) is 2.07. The first-order valence-electron chi connectivity index (χ1n) is 9.19. The summed E-state index contributed by atoms with van der Waals surface area (Å²) in [7, 11) is -1.97. The first kappa shape index (κ1) is 19.2. The van der Waals surface area contributed by atoms with Crippen LogP contribution in [0.15, 0.2) is 65.7 Å². The van der Waals surface area contributed by atoms with Crippen LogP contribution in [0.5, 0.6) is 5.75 Å². The highest BCUT2D eigenvalue weighted by Gasteiger charge is 2.41. The van der Waals surface area contributed by atoms with Crippen LogP contribution >= 0.6 is 0 Å². The smallest absolute Gasteiger partial charge is 0.257 e. The van der Waals surface area contributed by atoms with Crippen LogP contribution in [0.25, 0.3) is 5.69 Å². The van der Waals surface area contributed by atoms with Crippen LogP contribution in [0, 0.1) is 6.92 Å². The third-order valence-corrected chi connectivity index (χ3v) is 7.31. The van der Waals surface area contributed by atoms with Crippen molar-refractivity contribution in [2.75, 3.05) is 20.2 Å². The Hall–Kier alpha value is -3.13. The third-order valence-electron chi connectivity index (χ3n) is 5.20. The molecule has 0 atom stereocenters. The maximum absolute atomic E-state index is 12.8. The van der Waals surface area contributed by atoms with Gasteiger partial charge in [0.05, 0.1) is 35.1 Å². The second kappa shape index (κ2) is 7.36. The number of carbonyl (C=O) groups excluding carboxylic acids is 1. The summed E-state index contributed by atoms with van der Waals surface area (Å²) in [6, 6.07) is 15.9. The predicted octanol–water partition coefficient (Wildman–Crippen LogP) is 2.49. The maximum Gasteiger partial charge on any atom is 0.257 e. The molecular formula is C21H21N3O4S. The number of hydrogen-bond donors (Lipinski definition) is 0. The molecule has 0 bridgehead atoms. The molecular weight excluding hydrogens is 390 g/mol. The van der Waals surface area contributed by atoms with E-state index in [1.54, 1.807) is 21.7 Å². The van der Waals surface area contributed by atoms with Crippen molar-refractivity contribution >= 4 is 15.7 Å². The van der Waals surface area contributed by atoms with E-state index >= 15 is 0 Å². The molecule has 29 heavy (non-hydrogen) atoms. The monoisotopic (exact) mass is 411 g/mol. The Bertz CT molecular complexity index is 1130. The van der Waals surface area contributed by atoms with Gasteiger partial charge in [0.25, 0.3) is 5.91 Å². The fraction of sp³-hybridized carbons (Fsp3) is 0.238. The Morgan fingerprint density at radius 1 is 1.07 bits per heavy atom. The lowest BCUT2D eigenvalue weighted by Gasteiger charge is -2.38. The number of amides is 1. The minimum Gasteiger partial charge on any atom is -0.497 e. The van der Waals surface area contributed by atoms with Gasteiger partial charge in [-0.15, -0.1) is 0 Å². The van der Waals surface area contributed by atoms with Crippen molar-refractivity contribution in [3.63, 3.8) is 0 Å². The van der Waals surface area contributed by atoms with E-state index in [2.05, 4.69) is 5.10 Å². The van der Waals surface area contributed by atoms with Crippen molar-refractivity contribution in [2.24, 2.45) is 0 Å². The van der Waals surface area contributed by atoms with Crippen molar-refractivity contribution in [3.05, 3.63) is 72.1 Å². The van der Waals surface area contributed by atoms with Gasteiger partial charge in [-0.25, -0.2) is 13.1 Å². The topological polar surface area (TPSA) is 81.5 Å². The van der Waals surface area contributed by atoms with Gasteiger partial charge in [-0.05, 0) is 43.3 Å². The highest BCUT2D eigenvalue weighted by molar-refractivity contribution is 7.92. The zero-order valence-electron chi connectivity index (χ0n) is 16.1. The zero-order valence-corrected chi connectivity index (χ0v) is 17.0. The number of sulfone groups is 1. The molecule has 4 rings (SSSR count). The van der Waals surface area contributed by atoms with Gasteiger partial charge in [-0.3, -0.25) is 4.79 Å². The molecule has 1 saturated heterocycles. The molecule has 0 radical (unpaired) electrons.